The topological polar surface area (TPSA) is 74.7 Å². The Morgan fingerprint density at radius 2 is 1.93 bits per heavy atom. The van der Waals surface area contributed by atoms with Gasteiger partial charge in [0, 0.05) is 12.0 Å². The van der Waals surface area contributed by atoms with Crippen LogP contribution in [0.3, 0.4) is 0 Å². The van der Waals surface area contributed by atoms with Gasteiger partial charge in [-0.05, 0) is 30.3 Å². The minimum atomic E-state index is -3.01. The van der Waals surface area contributed by atoms with Crippen LogP contribution in [0.5, 0.6) is 11.5 Å². The van der Waals surface area contributed by atoms with Crippen LogP contribution in [0.4, 0.5) is 8.78 Å². The lowest BCUT2D eigenvalue weighted by molar-refractivity contribution is -0.142. The van der Waals surface area contributed by atoms with Crippen molar-refractivity contribution in [1.82, 2.24) is 4.98 Å². The molecule has 0 saturated carbocycles. The number of methoxy groups -OCH3 is 1. The summed E-state index contributed by atoms with van der Waals surface area (Å²) in [5, 5.41) is 0.814. The summed E-state index contributed by atoms with van der Waals surface area (Å²) in [6.07, 6.45) is 0.511. The molecule has 2 aromatic carbocycles. The van der Waals surface area contributed by atoms with Crippen LogP contribution in [0.2, 0.25) is 0 Å². The molecule has 6 nitrogen and oxygen atoms in total. The smallest absolute Gasteiger partial charge is 0.387 e. The summed E-state index contributed by atoms with van der Waals surface area (Å²) in [5.74, 6) is -1.22. The van der Waals surface area contributed by atoms with Crippen molar-refractivity contribution in [3.63, 3.8) is 0 Å². The molecular weight excluding hydrogens is 404 g/mol. The van der Waals surface area contributed by atoms with Gasteiger partial charge in [-0.3, -0.25) is 9.59 Å². The summed E-state index contributed by atoms with van der Waals surface area (Å²) in [4.78, 5) is 28.6. The zero-order valence-electron chi connectivity index (χ0n) is 15.4. The van der Waals surface area contributed by atoms with Gasteiger partial charge in [0.15, 0.2) is 23.9 Å². The fourth-order valence-corrected chi connectivity index (χ4v) is 3.54. The number of esters is 1. The summed E-state index contributed by atoms with van der Waals surface area (Å²) in [6.45, 7) is -3.47. The van der Waals surface area contributed by atoms with Gasteiger partial charge >= 0.3 is 12.6 Å². The molecule has 29 heavy (non-hydrogen) atoms. The predicted octanol–water partition coefficient (Wildman–Crippen LogP) is 4.27. The lowest BCUT2D eigenvalue weighted by Gasteiger charge is -2.11. The number of rotatable bonds is 9. The Hall–Kier alpha value is -3.07. The number of carbonyl (C=O) groups excluding carboxylic acids is 2. The third kappa shape index (κ3) is 5.47. The van der Waals surface area contributed by atoms with E-state index in [2.05, 4.69) is 9.72 Å². The van der Waals surface area contributed by atoms with E-state index in [1.54, 1.807) is 0 Å². The number of fused-ring (bicyclic) bond motifs is 1. The van der Waals surface area contributed by atoms with Gasteiger partial charge in [0.05, 0.1) is 28.8 Å². The number of para-hydroxylation sites is 1. The Balaban J connectivity index is 1.52. The number of ether oxygens (including phenoxy) is 3. The Morgan fingerprint density at radius 1 is 1.14 bits per heavy atom. The van der Waals surface area contributed by atoms with Gasteiger partial charge in [0.1, 0.15) is 0 Å². The molecule has 0 atom stereocenters. The van der Waals surface area contributed by atoms with Crippen LogP contribution in [-0.4, -0.2) is 37.1 Å². The predicted molar refractivity (Wildman–Crippen MR) is 103 cm³/mol. The van der Waals surface area contributed by atoms with Crippen molar-refractivity contribution >= 4 is 33.3 Å². The molecule has 0 spiro atoms. The molecule has 1 heterocycles. The maximum absolute atomic E-state index is 12.4. The molecule has 0 fully saturated rings. The quantitative estimate of drug-likeness (QED) is 0.380. The monoisotopic (exact) mass is 421 g/mol. The van der Waals surface area contributed by atoms with E-state index in [0.717, 1.165) is 15.2 Å². The van der Waals surface area contributed by atoms with E-state index in [1.165, 1.54) is 36.6 Å². The molecule has 3 rings (SSSR count). The number of hydrogen-bond acceptors (Lipinski definition) is 7. The molecule has 1 aromatic heterocycles. The fourth-order valence-electron chi connectivity index (χ4n) is 2.57. The number of aryl methyl sites for hydroxylation is 1. The highest BCUT2D eigenvalue weighted by molar-refractivity contribution is 7.18. The number of benzene rings is 2. The largest absolute Gasteiger partial charge is 0.493 e. The van der Waals surface area contributed by atoms with Crippen molar-refractivity contribution in [2.45, 2.75) is 19.5 Å². The maximum Gasteiger partial charge on any atom is 0.387 e. The third-order valence-corrected chi connectivity index (χ3v) is 5.04. The Morgan fingerprint density at radius 3 is 2.66 bits per heavy atom. The second-order valence-electron chi connectivity index (χ2n) is 5.90. The lowest BCUT2D eigenvalue weighted by Crippen LogP contribution is -2.15. The summed E-state index contributed by atoms with van der Waals surface area (Å²) in [7, 11) is 1.27. The number of alkyl halides is 2. The molecule has 0 aliphatic heterocycles. The van der Waals surface area contributed by atoms with Gasteiger partial charge in [-0.25, -0.2) is 4.98 Å². The second kappa shape index (κ2) is 9.42. The third-order valence-electron chi connectivity index (χ3n) is 3.95. The second-order valence-corrected chi connectivity index (χ2v) is 7.02. The van der Waals surface area contributed by atoms with Gasteiger partial charge in [-0.2, -0.15) is 8.78 Å². The summed E-state index contributed by atoms with van der Waals surface area (Å²) < 4.78 is 40.0. The number of aromatic nitrogens is 1. The van der Waals surface area contributed by atoms with E-state index in [-0.39, 0.29) is 23.5 Å². The van der Waals surface area contributed by atoms with Gasteiger partial charge in [0.2, 0.25) is 0 Å². The van der Waals surface area contributed by atoms with Crippen molar-refractivity contribution in [2.75, 3.05) is 13.7 Å². The van der Waals surface area contributed by atoms with Crippen LogP contribution in [0.15, 0.2) is 42.5 Å². The zero-order valence-corrected chi connectivity index (χ0v) is 16.2. The molecule has 0 saturated heterocycles. The Kier molecular flexibility index (Phi) is 6.71. The Labute approximate surface area is 169 Å². The SMILES string of the molecule is COc1cc(C(=O)COC(=O)CCc2nc3ccccc3s2)ccc1OC(F)F. The molecular formula is C20H17F2NO5S. The van der Waals surface area contributed by atoms with Crippen LogP contribution >= 0.6 is 11.3 Å². The van der Waals surface area contributed by atoms with Crippen molar-refractivity contribution in [2.24, 2.45) is 0 Å². The Bertz CT molecular complexity index is 988. The fraction of sp³-hybridized carbons (Fsp3) is 0.250. The van der Waals surface area contributed by atoms with Crippen molar-refractivity contribution in [1.29, 1.82) is 0 Å². The standard InChI is InChI=1S/C20H17F2NO5S/c1-26-16-10-12(6-7-15(16)28-20(21)22)14(24)11-27-19(25)9-8-18-23-13-4-2-3-5-17(13)29-18/h2-7,10,20H,8-9,11H2,1H3. The van der Waals surface area contributed by atoms with E-state index in [4.69, 9.17) is 9.47 Å². The van der Waals surface area contributed by atoms with E-state index >= 15 is 0 Å². The van der Waals surface area contributed by atoms with E-state index < -0.39 is 25.0 Å². The highest BCUT2D eigenvalue weighted by Crippen LogP contribution is 2.29. The molecule has 152 valence electrons. The minimum Gasteiger partial charge on any atom is -0.493 e. The zero-order chi connectivity index (χ0) is 20.8. The summed E-state index contributed by atoms with van der Waals surface area (Å²) in [5.41, 5.74) is 1.03. The molecule has 0 aliphatic carbocycles. The first kappa shape index (κ1) is 20.7. The minimum absolute atomic E-state index is 0.0155. The van der Waals surface area contributed by atoms with Crippen molar-refractivity contribution < 1.29 is 32.6 Å². The first-order valence-corrected chi connectivity index (χ1v) is 9.44. The van der Waals surface area contributed by atoms with Gasteiger partial charge in [-0.15, -0.1) is 11.3 Å². The molecule has 0 aliphatic rings. The maximum atomic E-state index is 12.4. The van der Waals surface area contributed by atoms with Gasteiger partial charge in [0.25, 0.3) is 0 Å². The first-order chi connectivity index (χ1) is 14.0. The van der Waals surface area contributed by atoms with Gasteiger partial charge < -0.3 is 14.2 Å². The number of thiazole rings is 1. The van der Waals surface area contributed by atoms with Crippen molar-refractivity contribution in [3.05, 3.63) is 53.0 Å². The molecule has 0 N–H and O–H groups in total. The number of Topliss-reactive ketones (excluding diaryl/α,β-unsaturated/α-hetero) is 1. The normalized spacial score (nSPS) is 10.9. The first-order valence-electron chi connectivity index (χ1n) is 8.62. The molecule has 0 unspecified atom stereocenters. The molecule has 3 aromatic rings. The van der Waals surface area contributed by atoms with Crippen LogP contribution in [-0.2, 0) is 16.0 Å². The molecule has 0 radical (unpaired) electrons. The highest BCUT2D eigenvalue weighted by Gasteiger charge is 2.16. The van der Waals surface area contributed by atoms with Crippen LogP contribution in [0, 0.1) is 0 Å². The number of nitrogens with zero attached hydrogens (tertiary/aromatic N) is 1. The number of halogens is 2. The number of ketones is 1. The van der Waals surface area contributed by atoms with Crippen molar-refractivity contribution in [3.8, 4) is 11.5 Å². The van der Waals surface area contributed by atoms with E-state index in [1.807, 2.05) is 24.3 Å². The van der Waals surface area contributed by atoms with Crippen LogP contribution in [0.1, 0.15) is 21.8 Å². The molecule has 9 heteroatoms. The molecule has 0 bridgehead atoms. The van der Waals surface area contributed by atoms with Crippen LogP contribution < -0.4 is 9.47 Å². The van der Waals surface area contributed by atoms with E-state index in [9.17, 15) is 18.4 Å². The molecule has 0 amide bonds. The lowest BCUT2D eigenvalue weighted by atomic mass is 10.1. The summed E-state index contributed by atoms with van der Waals surface area (Å²) in [6, 6.07) is 11.4. The number of carbonyl (C=O) groups is 2. The average molecular weight is 421 g/mol. The van der Waals surface area contributed by atoms with Crippen LogP contribution in [0.25, 0.3) is 10.2 Å². The van der Waals surface area contributed by atoms with Gasteiger partial charge in [-0.1, -0.05) is 12.1 Å². The summed E-state index contributed by atoms with van der Waals surface area (Å²) >= 11 is 1.51. The number of hydrogen-bond donors (Lipinski definition) is 0. The highest BCUT2D eigenvalue weighted by atomic mass is 32.1. The average Bonchev–Trinajstić information content (AvgIpc) is 3.13. The van der Waals surface area contributed by atoms with E-state index in [0.29, 0.717) is 6.42 Å².